The van der Waals surface area contributed by atoms with Crippen LogP contribution in [0.15, 0.2) is 30.6 Å². The minimum atomic E-state index is 0.411. The van der Waals surface area contributed by atoms with Crippen LogP contribution in [0.5, 0.6) is 0 Å². The van der Waals surface area contributed by atoms with Crippen LogP contribution in [0.4, 0.5) is 5.69 Å². The number of nitrogens with zero attached hydrogens (tertiary/aromatic N) is 4. The molecule has 0 amide bonds. The zero-order valence-electron chi connectivity index (χ0n) is 9.95. The van der Waals surface area contributed by atoms with Crippen molar-refractivity contribution in [2.24, 2.45) is 0 Å². The molecule has 5 nitrogen and oxygen atoms in total. The van der Waals surface area contributed by atoms with Crippen molar-refractivity contribution < 1.29 is 0 Å². The maximum absolute atomic E-state index is 5.69. The molecule has 0 saturated carbocycles. The van der Waals surface area contributed by atoms with Gasteiger partial charge < -0.3 is 5.73 Å². The van der Waals surface area contributed by atoms with Gasteiger partial charge in [-0.3, -0.25) is 0 Å². The molecular formula is C12H13N5S. The van der Waals surface area contributed by atoms with E-state index in [0.717, 1.165) is 22.1 Å². The van der Waals surface area contributed by atoms with Crippen molar-refractivity contribution in [3.05, 3.63) is 41.2 Å². The van der Waals surface area contributed by atoms with Gasteiger partial charge in [-0.25, -0.2) is 0 Å². The largest absolute Gasteiger partial charge is 0.399 e. The van der Waals surface area contributed by atoms with E-state index in [4.69, 9.17) is 5.73 Å². The first kappa shape index (κ1) is 11.2. The van der Waals surface area contributed by atoms with Crippen LogP contribution >= 0.6 is 11.3 Å². The van der Waals surface area contributed by atoms with Crippen LogP contribution < -0.4 is 5.73 Å². The SMILES string of the molecule is CC(Cc1nn2cnnc2s1)c1ccc(N)cc1. The van der Waals surface area contributed by atoms with Crippen LogP contribution in [-0.4, -0.2) is 19.8 Å². The number of anilines is 1. The van der Waals surface area contributed by atoms with Crippen molar-refractivity contribution in [1.29, 1.82) is 0 Å². The predicted molar refractivity (Wildman–Crippen MR) is 71.6 cm³/mol. The maximum Gasteiger partial charge on any atom is 0.234 e. The Morgan fingerprint density at radius 1 is 1.33 bits per heavy atom. The summed E-state index contributed by atoms with van der Waals surface area (Å²) in [5.74, 6) is 0.411. The van der Waals surface area contributed by atoms with E-state index in [2.05, 4.69) is 34.4 Å². The highest BCUT2D eigenvalue weighted by Crippen LogP contribution is 2.23. The molecule has 0 aliphatic rings. The van der Waals surface area contributed by atoms with Gasteiger partial charge >= 0.3 is 0 Å². The van der Waals surface area contributed by atoms with Crippen LogP contribution in [0.3, 0.4) is 0 Å². The summed E-state index contributed by atoms with van der Waals surface area (Å²) in [7, 11) is 0. The zero-order chi connectivity index (χ0) is 12.5. The Hall–Kier alpha value is -1.95. The molecule has 2 aromatic heterocycles. The van der Waals surface area contributed by atoms with Crippen molar-refractivity contribution in [3.63, 3.8) is 0 Å². The van der Waals surface area contributed by atoms with Gasteiger partial charge in [0.15, 0.2) is 0 Å². The average molecular weight is 259 g/mol. The molecule has 0 fully saturated rings. The fourth-order valence-corrected chi connectivity index (χ4v) is 2.83. The van der Waals surface area contributed by atoms with Crippen LogP contribution in [0.1, 0.15) is 23.4 Å². The normalized spacial score (nSPS) is 12.9. The Morgan fingerprint density at radius 3 is 2.83 bits per heavy atom. The van der Waals surface area contributed by atoms with E-state index in [1.807, 2.05) is 12.1 Å². The van der Waals surface area contributed by atoms with E-state index in [9.17, 15) is 0 Å². The lowest BCUT2D eigenvalue weighted by Crippen LogP contribution is -1.99. The standard InChI is InChI=1S/C12H13N5S/c1-8(9-2-4-10(13)5-3-9)6-11-16-17-7-14-15-12(17)18-11/h2-5,7-8H,6,13H2,1H3. The van der Waals surface area contributed by atoms with Crippen molar-refractivity contribution in [3.8, 4) is 0 Å². The van der Waals surface area contributed by atoms with Gasteiger partial charge in [0.25, 0.3) is 0 Å². The molecule has 1 aromatic carbocycles. The highest BCUT2D eigenvalue weighted by Gasteiger charge is 2.11. The minimum Gasteiger partial charge on any atom is -0.399 e. The number of benzene rings is 1. The highest BCUT2D eigenvalue weighted by molar-refractivity contribution is 7.16. The monoisotopic (exact) mass is 259 g/mol. The lowest BCUT2D eigenvalue weighted by Gasteiger charge is -2.09. The molecule has 0 saturated heterocycles. The molecule has 6 heteroatoms. The van der Waals surface area contributed by atoms with Gasteiger partial charge in [-0.1, -0.05) is 30.4 Å². The third kappa shape index (κ3) is 2.06. The van der Waals surface area contributed by atoms with Gasteiger partial charge in [0.05, 0.1) is 0 Å². The Morgan fingerprint density at radius 2 is 2.11 bits per heavy atom. The van der Waals surface area contributed by atoms with E-state index in [1.54, 1.807) is 22.2 Å². The predicted octanol–water partition coefficient (Wildman–Crippen LogP) is 2.11. The second-order valence-electron chi connectivity index (χ2n) is 4.33. The van der Waals surface area contributed by atoms with Crippen molar-refractivity contribution >= 4 is 22.0 Å². The number of nitrogen functional groups attached to an aromatic ring is 1. The Kier molecular flexibility index (Phi) is 2.71. The van der Waals surface area contributed by atoms with Crippen LogP contribution in [-0.2, 0) is 6.42 Å². The lowest BCUT2D eigenvalue weighted by molar-refractivity contribution is 0.736. The quantitative estimate of drug-likeness (QED) is 0.731. The topological polar surface area (TPSA) is 69.1 Å². The Labute approximate surface area is 108 Å². The fourth-order valence-electron chi connectivity index (χ4n) is 1.89. The number of aromatic nitrogens is 4. The summed E-state index contributed by atoms with van der Waals surface area (Å²) in [6.45, 7) is 2.19. The third-order valence-electron chi connectivity index (χ3n) is 2.91. The first-order valence-electron chi connectivity index (χ1n) is 5.73. The number of fused-ring (bicyclic) bond motifs is 1. The van der Waals surface area contributed by atoms with Crippen molar-refractivity contribution in [2.45, 2.75) is 19.3 Å². The second-order valence-corrected chi connectivity index (χ2v) is 5.37. The summed E-state index contributed by atoms with van der Waals surface area (Å²) < 4.78 is 1.72. The summed E-state index contributed by atoms with van der Waals surface area (Å²) in [6.07, 6.45) is 2.53. The van der Waals surface area contributed by atoms with E-state index >= 15 is 0 Å². The lowest BCUT2D eigenvalue weighted by atomic mass is 9.98. The van der Waals surface area contributed by atoms with E-state index in [0.29, 0.717) is 5.92 Å². The van der Waals surface area contributed by atoms with E-state index in [1.165, 1.54) is 5.56 Å². The number of hydrogen-bond donors (Lipinski definition) is 1. The third-order valence-corrected chi connectivity index (χ3v) is 3.85. The first-order chi connectivity index (χ1) is 8.72. The molecule has 0 bridgehead atoms. The van der Waals surface area contributed by atoms with Crippen LogP contribution in [0.2, 0.25) is 0 Å². The van der Waals surface area contributed by atoms with Crippen LogP contribution in [0.25, 0.3) is 4.96 Å². The first-order valence-corrected chi connectivity index (χ1v) is 6.55. The number of nitrogens with two attached hydrogens (primary N) is 1. The Balaban J connectivity index is 1.79. The molecule has 2 heterocycles. The molecule has 3 aromatic rings. The van der Waals surface area contributed by atoms with Crippen LogP contribution in [0, 0.1) is 0 Å². The van der Waals surface area contributed by atoms with Gasteiger partial charge in [0, 0.05) is 12.1 Å². The highest BCUT2D eigenvalue weighted by atomic mass is 32.1. The van der Waals surface area contributed by atoms with E-state index in [-0.39, 0.29) is 0 Å². The summed E-state index contributed by atoms with van der Waals surface area (Å²) in [5, 5.41) is 13.3. The summed E-state index contributed by atoms with van der Waals surface area (Å²) in [4.78, 5) is 0.842. The van der Waals surface area contributed by atoms with Gasteiger partial charge in [0.2, 0.25) is 4.96 Å². The molecule has 0 spiro atoms. The minimum absolute atomic E-state index is 0.411. The average Bonchev–Trinajstić information content (AvgIpc) is 2.90. The summed E-state index contributed by atoms with van der Waals surface area (Å²) in [6, 6.07) is 8.01. The summed E-state index contributed by atoms with van der Waals surface area (Å²) >= 11 is 1.58. The van der Waals surface area contributed by atoms with Gasteiger partial charge in [-0.2, -0.15) is 9.61 Å². The molecule has 0 radical (unpaired) electrons. The van der Waals surface area contributed by atoms with E-state index < -0.39 is 0 Å². The molecule has 1 unspecified atom stereocenters. The number of rotatable bonds is 3. The molecule has 92 valence electrons. The van der Waals surface area contributed by atoms with Gasteiger partial charge in [-0.15, -0.1) is 10.2 Å². The Bertz CT molecular complexity index is 626. The smallest absolute Gasteiger partial charge is 0.234 e. The zero-order valence-corrected chi connectivity index (χ0v) is 10.8. The second kappa shape index (κ2) is 4.38. The van der Waals surface area contributed by atoms with Gasteiger partial charge in [0.1, 0.15) is 11.3 Å². The molecule has 1 atom stereocenters. The molecule has 0 aliphatic heterocycles. The molecule has 3 rings (SSSR count). The number of hydrogen-bond acceptors (Lipinski definition) is 5. The molecule has 0 aliphatic carbocycles. The van der Waals surface area contributed by atoms with Crippen molar-refractivity contribution in [2.75, 3.05) is 5.73 Å². The van der Waals surface area contributed by atoms with Gasteiger partial charge in [-0.05, 0) is 23.6 Å². The summed E-state index contributed by atoms with van der Waals surface area (Å²) in [5.41, 5.74) is 7.76. The fraction of sp³-hybridized carbons (Fsp3) is 0.250. The molecule has 2 N–H and O–H groups in total. The molecular weight excluding hydrogens is 246 g/mol. The molecule has 18 heavy (non-hydrogen) atoms. The maximum atomic E-state index is 5.69. The van der Waals surface area contributed by atoms with Crippen molar-refractivity contribution in [1.82, 2.24) is 19.8 Å².